The Morgan fingerprint density at radius 3 is 2.59 bits per heavy atom. The van der Waals surface area contributed by atoms with E-state index >= 15 is 0 Å². The van der Waals surface area contributed by atoms with Crippen LogP contribution in [0.15, 0.2) is 12.2 Å². The number of allylic oxidation sites excluding steroid dienone is 2. The first kappa shape index (κ1) is 16.3. The lowest BCUT2D eigenvalue weighted by Gasteiger charge is -2.24. The fraction of sp³-hybridized carbons (Fsp3) is 0.824. The third-order valence-electron chi connectivity index (χ3n) is 4.91. The first-order chi connectivity index (χ1) is 10.7. The van der Waals surface area contributed by atoms with Gasteiger partial charge in [0.2, 0.25) is 0 Å². The highest BCUT2D eigenvalue weighted by molar-refractivity contribution is 7.99. The summed E-state index contributed by atoms with van der Waals surface area (Å²) in [5.74, 6) is 2.89. The molecule has 0 amide bonds. The van der Waals surface area contributed by atoms with Crippen LogP contribution in [0.4, 0.5) is 0 Å². The maximum absolute atomic E-state index is 10.5. The van der Waals surface area contributed by atoms with Crippen LogP contribution in [-0.2, 0) is 14.3 Å². The lowest BCUT2D eigenvalue weighted by atomic mass is 9.78. The van der Waals surface area contributed by atoms with Crippen molar-refractivity contribution in [1.29, 1.82) is 0 Å². The van der Waals surface area contributed by atoms with Crippen molar-refractivity contribution in [3.05, 3.63) is 12.2 Å². The molecule has 3 saturated heterocycles. The number of fused-ring (bicyclic) bond motifs is 5. The van der Waals surface area contributed by atoms with Crippen LogP contribution >= 0.6 is 11.8 Å². The molecule has 4 nitrogen and oxygen atoms in total. The average molecular weight is 326 g/mol. The van der Waals surface area contributed by atoms with Gasteiger partial charge in [0.1, 0.15) is 12.2 Å². The molecule has 3 heterocycles. The number of epoxide rings is 1. The predicted octanol–water partition coefficient (Wildman–Crippen LogP) is 3.11. The van der Waals surface area contributed by atoms with Crippen molar-refractivity contribution in [2.45, 2.75) is 63.4 Å². The number of rotatable bonds is 10. The number of carbonyl (C=O) groups is 1. The molecule has 3 aliphatic rings. The van der Waals surface area contributed by atoms with Gasteiger partial charge in [0.15, 0.2) is 0 Å². The van der Waals surface area contributed by atoms with Crippen molar-refractivity contribution in [2.24, 2.45) is 11.8 Å². The number of carboxylic acids is 1. The lowest BCUT2D eigenvalue weighted by molar-refractivity contribution is -0.137. The summed E-state index contributed by atoms with van der Waals surface area (Å²) < 4.78 is 11.9. The highest BCUT2D eigenvalue weighted by Crippen LogP contribution is 2.55. The fourth-order valence-electron chi connectivity index (χ4n) is 3.81. The molecule has 1 N–H and O–H groups in total. The van der Waals surface area contributed by atoms with Gasteiger partial charge in [0.05, 0.1) is 12.2 Å². The minimum atomic E-state index is -0.708. The van der Waals surface area contributed by atoms with E-state index in [1.807, 2.05) is 11.8 Å². The number of ether oxygens (including phenoxy) is 2. The quantitative estimate of drug-likeness (QED) is 0.380. The molecule has 0 spiro atoms. The van der Waals surface area contributed by atoms with E-state index in [0.717, 1.165) is 19.3 Å². The van der Waals surface area contributed by atoms with E-state index in [2.05, 4.69) is 19.1 Å². The zero-order chi connectivity index (χ0) is 15.5. The first-order valence-corrected chi connectivity index (χ1v) is 9.63. The largest absolute Gasteiger partial charge is 0.481 e. The van der Waals surface area contributed by atoms with Gasteiger partial charge in [-0.25, -0.2) is 0 Å². The van der Waals surface area contributed by atoms with E-state index in [4.69, 9.17) is 14.6 Å². The molecule has 124 valence electrons. The second kappa shape index (κ2) is 7.37. The van der Waals surface area contributed by atoms with Crippen molar-refractivity contribution < 1.29 is 19.4 Å². The summed E-state index contributed by atoms with van der Waals surface area (Å²) in [5.41, 5.74) is 0. The number of unbranched alkanes of at least 4 members (excludes halogenated alkanes) is 1. The fourth-order valence-corrected chi connectivity index (χ4v) is 4.98. The van der Waals surface area contributed by atoms with Gasteiger partial charge in [-0.2, -0.15) is 11.8 Å². The maximum Gasteiger partial charge on any atom is 0.303 e. The summed E-state index contributed by atoms with van der Waals surface area (Å²) in [6.07, 6.45) is 9.83. The molecule has 3 aliphatic heterocycles. The van der Waals surface area contributed by atoms with Crippen LogP contribution in [0.3, 0.4) is 0 Å². The summed E-state index contributed by atoms with van der Waals surface area (Å²) in [5, 5.41) is 8.63. The Morgan fingerprint density at radius 2 is 1.86 bits per heavy atom. The van der Waals surface area contributed by atoms with E-state index in [9.17, 15) is 4.79 Å². The third-order valence-corrected chi connectivity index (χ3v) is 6.23. The van der Waals surface area contributed by atoms with Crippen molar-refractivity contribution in [2.75, 3.05) is 11.5 Å². The van der Waals surface area contributed by atoms with Crippen molar-refractivity contribution in [3.63, 3.8) is 0 Å². The maximum atomic E-state index is 10.5. The molecule has 0 aromatic carbocycles. The van der Waals surface area contributed by atoms with Crippen molar-refractivity contribution in [3.8, 4) is 0 Å². The smallest absolute Gasteiger partial charge is 0.303 e. The molecule has 3 fully saturated rings. The monoisotopic (exact) mass is 326 g/mol. The zero-order valence-electron chi connectivity index (χ0n) is 13.1. The van der Waals surface area contributed by atoms with Gasteiger partial charge in [-0.1, -0.05) is 19.1 Å². The van der Waals surface area contributed by atoms with Crippen LogP contribution in [0.2, 0.25) is 0 Å². The highest BCUT2D eigenvalue weighted by Gasteiger charge is 2.68. The van der Waals surface area contributed by atoms with E-state index < -0.39 is 5.97 Å². The minimum absolute atomic E-state index is 0.259. The first-order valence-electron chi connectivity index (χ1n) is 8.47. The second-order valence-electron chi connectivity index (χ2n) is 6.53. The molecule has 22 heavy (non-hydrogen) atoms. The highest BCUT2D eigenvalue weighted by atomic mass is 32.2. The van der Waals surface area contributed by atoms with E-state index in [1.165, 1.54) is 17.9 Å². The molecule has 5 heteroatoms. The molecule has 3 rings (SSSR count). The molecular weight excluding hydrogens is 300 g/mol. The van der Waals surface area contributed by atoms with Gasteiger partial charge in [-0.3, -0.25) is 4.79 Å². The lowest BCUT2D eigenvalue weighted by Crippen LogP contribution is -2.34. The number of carboxylic acid groups (broad SMARTS) is 1. The van der Waals surface area contributed by atoms with E-state index in [1.54, 1.807) is 0 Å². The van der Waals surface area contributed by atoms with Crippen LogP contribution < -0.4 is 0 Å². The summed E-state index contributed by atoms with van der Waals surface area (Å²) in [7, 11) is 0. The summed E-state index contributed by atoms with van der Waals surface area (Å²) in [6, 6.07) is 0. The third kappa shape index (κ3) is 3.52. The van der Waals surface area contributed by atoms with Gasteiger partial charge in [-0.05, 0) is 43.1 Å². The molecule has 2 bridgehead atoms. The molecule has 0 aromatic rings. The molecule has 6 atom stereocenters. The van der Waals surface area contributed by atoms with Gasteiger partial charge >= 0.3 is 5.97 Å². The average Bonchev–Trinajstić information content (AvgIpc) is 3.12. The predicted molar refractivity (Wildman–Crippen MR) is 87.2 cm³/mol. The van der Waals surface area contributed by atoms with E-state index in [-0.39, 0.29) is 6.42 Å². The summed E-state index contributed by atoms with van der Waals surface area (Å²) >= 11 is 2.04. The van der Waals surface area contributed by atoms with Crippen LogP contribution in [0.5, 0.6) is 0 Å². The Morgan fingerprint density at radius 1 is 1.14 bits per heavy atom. The summed E-state index contributed by atoms with van der Waals surface area (Å²) in [4.78, 5) is 10.5. The van der Waals surface area contributed by atoms with Crippen LogP contribution in [0.1, 0.15) is 39.0 Å². The molecule has 0 saturated carbocycles. The summed E-state index contributed by atoms with van der Waals surface area (Å²) in [6.45, 7) is 2.22. The van der Waals surface area contributed by atoms with Crippen LogP contribution in [0.25, 0.3) is 0 Å². The van der Waals surface area contributed by atoms with Gasteiger partial charge in [0.25, 0.3) is 0 Å². The van der Waals surface area contributed by atoms with Gasteiger partial charge < -0.3 is 14.6 Å². The Labute approximate surface area is 136 Å². The zero-order valence-corrected chi connectivity index (χ0v) is 14.0. The van der Waals surface area contributed by atoms with Gasteiger partial charge in [0, 0.05) is 12.3 Å². The van der Waals surface area contributed by atoms with Crippen LogP contribution in [0, 0.1) is 11.8 Å². The topological polar surface area (TPSA) is 59.1 Å². The molecule has 0 aromatic heterocycles. The number of aliphatic carboxylic acids is 1. The number of hydrogen-bond acceptors (Lipinski definition) is 4. The Hall–Kier alpha value is -0.520. The normalized spacial score (nSPS) is 38.6. The van der Waals surface area contributed by atoms with Crippen molar-refractivity contribution in [1.82, 2.24) is 0 Å². The van der Waals surface area contributed by atoms with Gasteiger partial charge in [-0.15, -0.1) is 0 Å². The van der Waals surface area contributed by atoms with Crippen LogP contribution in [-0.4, -0.2) is 47.0 Å². The number of thioether (sulfide) groups is 1. The Balaban J connectivity index is 1.45. The number of hydrogen-bond donors (Lipinski definition) is 1. The Bertz CT molecular complexity index is 425. The molecule has 0 radical (unpaired) electrons. The minimum Gasteiger partial charge on any atom is -0.481 e. The SMILES string of the molecule is CCCSC[C@H]1[C@@H](C/C=C\CCCC(=O)O)[C@@H]2O[C@H]1[C@H]1O[C@H]12. The molecular formula is C17H26O4S. The molecule has 0 unspecified atom stereocenters. The standard InChI is InChI=1S/C17H26O4S/c1-2-9-22-10-12-11(7-5-3-4-6-8-13(18)19)14-16-17(21-16)15(12)20-14/h3,5,11-12,14-17H,2,4,6-10H2,1H3,(H,18,19)/b5-3-/t11-,12+,14+,15-,16+,17-/m1/s1. The second-order valence-corrected chi connectivity index (χ2v) is 7.68. The van der Waals surface area contributed by atoms with Crippen molar-refractivity contribution >= 4 is 17.7 Å². The molecule has 0 aliphatic carbocycles. The van der Waals surface area contributed by atoms with E-state index in [0.29, 0.717) is 36.3 Å². The Kier molecular flexibility index (Phi) is 5.47.